The minimum Gasteiger partial charge on any atom is -0.495 e. The number of aliphatic hydroxyl groups is 1. The monoisotopic (exact) mass is 346 g/mol. The van der Waals surface area contributed by atoms with Crippen LogP contribution in [0.4, 0.5) is 10.5 Å². The van der Waals surface area contributed by atoms with E-state index in [-0.39, 0.29) is 6.54 Å². The molecule has 2 rings (SSSR count). The lowest BCUT2D eigenvalue weighted by Crippen LogP contribution is -2.41. The summed E-state index contributed by atoms with van der Waals surface area (Å²) in [5.41, 5.74) is 0.846. The molecule has 1 atom stereocenters. The first kappa shape index (κ1) is 19.0. The molecule has 1 aromatic carbocycles. The van der Waals surface area contributed by atoms with Crippen LogP contribution in [0.3, 0.4) is 0 Å². The number of rotatable bonds is 6. The number of hydrogen-bond acceptors (Lipinski definition) is 5. The summed E-state index contributed by atoms with van der Waals surface area (Å²) in [6, 6.07) is 6.44. The molecule has 136 valence electrons. The molecule has 3 N–H and O–H groups in total. The van der Waals surface area contributed by atoms with E-state index in [9.17, 15) is 9.90 Å². The summed E-state index contributed by atoms with van der Waals surface area (Å²) < 4.78 is 5.07. The molecule has 0 saturated carbocycles. The van der Waals surface area contributed by atoms with Gasteiger partial charge in [0.1, 0.15) is 11.8 Å². The van der Waals surface area contributed by atoms with E-state index in [0.29, 0.717) is 23.5 Å². The van der Waals surface area contributed by atoms with Crippen LogP contribution in [0, 0.1) is 11.3 Å². The van der Waals surface area contributed by atoms with Gasteiger partial charge in [-0.05, 0) is 44.1 Å². The number of hydrogen-bond donors (Lipinski definition) is 3. The molecule has 1 aliphatic rings. The number of β-amino-alcohol motifs (C(OH)–C–C–N with tert-alkyl or cyclic N) is 1. The second-order valence-corrected chi connectivity index (χ2v) is 6.23. The maximum Gasteiger partial charge on any atom is 0.319 e. The number of nitrogens with zero attached hydrogens (tertiary/aromatic N) is 2. The van der Waals surface area contributed by atoms with Crippen LogP contribution in [0.1, 0.15) is 31.2 Å². The van der Waals surface area contributed by atoms with Crippen LogP contribution < -0.4 is 15.4 Å². The number of benzene rings is 1. The number of methoxy groups -OCH3 is 1. The van der Waals surface area contributed by atoms with Crippen molar-refractivity contribution in [3.05, 3.63) is 23.8 Å². The lowest BCUT2D eigenvalue weighted by molar-refractivity contribution is 0.115. The minimum atomic E-state index is -0.602. The van der Waals surface area contributed by atoms with E-state index in [1.165, 1.54) is 32.8 Å². The Morgan fingerprint density at radius 3 is 2.72 bits per heavy atom. The third-order valence-electron chi connectivity index (χ3n) is 4.24. The van der Waals surface area contributed by atoms with Crippen molar-refractivity contribution in [3.63, 3.8) is 0 Å². The van der Waals surface area contributed by atoms with Gasteiger partial charge < -0.3 is 25.4 Å². The fraction of sp³-hybridized carbons (Fsp3) is 0.556. The molecule has 1 saturated heterocycles. The van der Waals surface area contributed by atoms with E-state index in [4.69, 9.17) is 10.00 Å². The van der Waals surface area contributed by atoms with Crippen LogP contribution in [0.5, 0.6) is 5.75 Å². The first-order chi connectivity index (χ1) is 12.1. The molecule has 1 fully saturated rings. The summed E-state index contributed by atoms with van der Waals surface area (Å²) in [4.78, 5) is 14.2. The Bertz CT molecular complexity index is 607. The maximum atomic E-state index is 12.0. The highest BCUT2D eigenvalue weighted by Gasteiger charge is 2.14. The average Bonchev–Trinajstić information content (AvgIpc) is 2.88. The Hall–Kier alpha value is -2.30. The maximum absolute atomic E-state index is 12.0. The summed E-state index contributed by atoms with van der Waals surface area (Å²) in [5.74, 6) is 0.460. The van der Waals surface area contributed by atoms with Gasteiger partial charge in [0.25, 0.3) is 0 Å². The van der Waals surface area contributed by atoms with E-state index < -0.39 is 12.1 Å². The SMILES string of the molecule is COc1ccc(NC(=O)NC[C@H](O)CN2CCCCCC2)cc1C#N. The number of likely N-dealkylation sites (tertiary alicyclic amines) is 1. The van der Waals surface area contributed by atoms with E-state index in [2.05, 4.69) is 15.5 Å². The molecular formula is C18H26N4O3. The van der Waals surface area contributed by atoms with Gasteiger partial charge in [0.05, 0.1) is 18.8 Å². The molecule has 1 aliphatic heterocycles. The van der Waals surface area contributed by atoms with Gasteiger partial charge in [-0.15, -0.1) is 0 Å². The topological polar surface area (TPSA) is 97.6 Å². The molecule has 7 nitrogen and oxygen atoms in total. The van der Waals surface area contributed by atoms with Crippen LogP contribution in [0.25, 0.3) is 0 Å². The van der Waals surface area contributed by atoms with E-state index >= 15 is 0 Å². The Morgan fingerprint density at radius 1 is 1.36 bits per heavy atom. The Balaban J connectivity index is 1.77. The molecule has 25 heavy (non-hydrogen) atoms. The number of nitrogens with one attached hydrogen (secondary N) is 2. The zero-order valence-electron chi connectivity index (χ0n) is 14.6. The van der Waals surface area contributed by atoms with Gasteiger partial charge in [0, 0.05) is 18.8 Å². The van der Waals surface area contributed by atoms with Crippen LogP contribution in [-0.4, -0.2) is 55.4 Å². The van der Waals surface area contributed by atoms with Gasteiger partial charge >= 0.3 is 6.03 Å². The molecular weight excluding hydrogens is 320 g/mol. The zero-order valence-corrected chi connectivity index (χ0v) is 14.6. The Kier molecular flexibility index (Phi) is 7.51. The number of aliphatic hydroxyl groups excluding tert-OH is 1. The van der Waals surface area contributed by atoms with Gasteiger partial charge in [-0.3, -0.25) is 0 Å². The number of carbonyl (C=O) groups is 1. The van der Waals surface area contributed by atoms with Crippen LogP contribution in [0.15, 0.2) is 18.2 Å². The first-order valence-electron chi connectivity index (χ1n) is 8.66. The van der Waals surface area contributed by atoms with Crippen molar-refractivity contribution in [2.75, 3.05) is 38.6 Å². The quantitative estimate of drug-likeness (QED) is 0.731. The van der Waals surface area contributed by atoms with Gasteiger partial charge in [-0.25, -0.2) is 4.79 Å². The molecule has 0 spiro atoms. The molecule has 2 amide bonds. The van der Waals surface area contributed by atoms with Gasteiger partial charge in [0.15, 0.2) is 0 Å². The predicted octanol–water partition coefficient (Wildman–Crippen LogP) is 1.93. The lowest BCUT2D eigenvalue weighted by Gasteiger charge is -2.23. The van der Waals surface area contributed by atoms with Gasteiger partial charge in [-0.2, -0.15) is 5.26 Å². The number of carbonyl (C=O) groups excluding carboxylic acids is 1. The fourth-order valence-corrected chi connectivity index (χ4v) is 2.94. The average molecular weight is 346 g/mol. The van der Waals surface area contributed by atoms with Crippen LogP contribution in [-0.2, 0) is 0 Å². The summed E-state index contributed by atoms with van der Waals surface area (Å²) in [5, 5.41) is 24.5. The van der Waals surface area contributed by atoms with Crippen molar-refractivity contribution >= 4 is 11.7 Å². The Labute approximate surface area is 148 Å². The standard InChI is InChI=1S/C18H26N4O3/c1-25-17-7-6-15(10-14(17)11-19)21-18(24)20-12-16(23)13-22-8-4-2-3-5-9-22/h6-7,10,16,23H,2-5,8-9,12-13H2,1H3,(H2,20,21,24)/t16-/m0/s1. The van der Waals surface area contributed by atoms with Crippen LogP contribution in [0.2, 0.25) is 0 Å². The van der Waals surface area contributed by atoms with Crippen LogP contribution >= 0.6 is 0 Å². The number of anilines is 1. The lowest BCUT2D eigenvalue weighted by atomic mass is 10.2. The molecule has 1 heterocycles. The largest absolute Gasteiger partial charge is 0.495 e. The van der Waals surface area contributed by atoms with Crippen molar-refractivity contribution < 1.29 is 14.6 Å². The third kappa shape index (κ3) is 6.25. The minimum absolute atomic E-state index is 0.184. The zero-order chi connectivity index (χ0) is 18.1. The number of ether oxygens (including phenoxy) is 1. The smallest absolute Gasteiger partial charge is 0.319 e. The summed E-state index contributed by atoms with van der Waals surface area (Å²) >= 11 is 0. The highest BCUT2D eigenvalue weighted by Crippen LogP contribution is 2.21. The normalized spacial score (nSPS) is 16.4. The van der Waals surface area contributed by atoms with Crippen molar-refractivity contribution in [3.8, 4) is 11.8 Å². The first-order valence-corrected chi connectivity index (χ1v) is 8.66. The molecule has 0 aliphatic carbocycles. The third-order valence-corrected chi connectivity index (χ3v) is 4.24. The number of urea groups is 1. The fourth-order valence-electron chi connectivity index (χ4n) is 2.94. The summed E-state index contributed by atoms with van der Waals surface area (Å²) in [7, 11) is 1.49. The second kappa shape index (κ2) is 9.87. The van der Waals surface area contributed by atoms with Gasteiger partial charge in [-0.1, -0.05) is 12.8 Å². The highest BCUT2D eigenvalue weighted by molar-refractivity contribution is 5.89. The predicted molar refractivity (Wildman–Crippen MR) is 95.6 cm³/mol. The van der Waals surface area contributed by atoms with Crippen molar-refractivity contribution in [2.45, 2.75) is 31.8 Å². The van der Waals surface area contributed by atoms with Crippen molar-refractivity contribution in [1.29, 1.82) is 5.26 Å². The molecule has 0 bridgehead atoms. The molecule has 1 aromatic rings. The summed E-state index contributed by atoms with van der Waals surface area (Å²) in [6.07, 6.45) is 4.23. The van der Waals surface area contributed by atoms with E-state index in [0.717, 1.165) is 13.1 Å². The highest BCUT2D eigenvalue weighted by atomic mass is 16.5. The Morgan fingerprint density at radius 2 is 2.08 bits per heavy atom. The van der Waals surface area contributed by atoms with Gasteiger partial charge in [0.2, 0.25) is 0 Å². The van der Waals surface area contributed by atoms with E-state index in [1.54, 1.807) is 18.2 Å². The van der Waals surface area contributed by atoms with Crippen molar-refractivity contribution in [2.24, 2.45) is 0 Å². The molecule has 0 unspecified atom stereocenters. The second-order valence-electron chi connectivity index (χ2n) is 6.23. The summed E-state index contributed by atoms with van der Waals surface area (Å²) in [6.45, 7) is 2.77. The molecule has 7 heteroatoms. The van der Waals surface area contributed by atoms with Crippen molar-refractivity contribution in [1.82, 2.24) is 10.2 Å². The van der Waals surface area contributed by atoms with E-state index in [1.807, 2.05) is 6.07 Å². The molecule has 0 radical (unpaired) electrons. The number of amides is 2. The number of nitriles is 1. The molecule has 0 aromatic heterocycles.